The van der Waals surface area contributed by atoms with Crippen LogP contribution in [0.1, 0.15) is 42.7 Å². The zero-order valence-corrected chi connectivity index (χ0v) is 17.7. The summed E-state index contributed by atoms with van der Waals surface area (Å²) < 4.78 is 85.5. The Bertz CT molecular complexity index is 1280. The molecule has 0 heterocycles. The Labute approximate surface area is 191 Å². The van der Waals surface area contributed by atoms with Crippen LogP contribution in [0.25, 0.3) is 10.8 Å². The number of ether oxygens (including phenoxy) is 1. The van der Waals surface area contributed by atoms with E-state index >= 15 is 0 Å². The predicted octanol–water partition coefficient (Wildman–Crippen LogP) is 7.05. The van der Waals surface area contributed by atoms with E-state index in [9.17, 15) is 31.1 Å². The van der Waals surface area contributed by atoms with Crippen LogP contribution < -0.4 is 4.74 Å². The van der Waals surface area contributed by atoms with Crippen molar-refractivity contribution in [3.63, 3.8) is 0 Å². The van der Waals surface area contributed by atoms with Crippen LogP contribution in [-0.4, -0.2) is 12.1 Å². The van der Waals surface area contributed by atoms with Crippen LogP contribution in [0.4, 0.5) is 26.3 Å². The van der Waals surface area contributed by atoms with E-state index in [4.69, 9.17) is 4.74 Å². The highest BCUT2D eigenvalue weighted by molar-refractivity contribution is 5.87. The first kappa shape index (κ1) is 23.7. The maximum atomic E-state index is 14.6. The summed E-state index contributed by atoms with van der Waals surface area (Å²) in [5, 5.41) is -1.04. The quantitative estimate of drug-likeness (QED) is 0.175. The number of halogens is 6. The van der Waals surface area contributed by atoms with E-state index < -0.39 is 46.5 Å². The second kappa shape index (κ2) is 9.41. The van der Waals surface area contributed by atoms with Crippen molar-refractivity contribution in [1.29, 1.82) is 0 Å². The highest BCUT2D eigenvalue weighted by atomic mass is 19.4. The van der Waals surface area contributed by atoms with E-state index in [2.05, 4.69) is 0 Å². The highest BCUT2D eigenvalue weighted by Crippen LogP contribution is 2.37. The zero-order valence-electron chi connectivity index (χ0n) is 17.7. The average Bonchev–Trinajstić information content (AvgIpc) is 2.78. The van der Waals surface area contributed by atoms with Crippen molar-refractivity contribution < 1.29 is 35.9 Å². The summed E-state index contributed by atoms with van der Waals surface area (Å²) in [5.74, 6) is -2.88. The van der Waals surface area contributed by atoms with Gasteiger partial charge in [-0.3, -0.25) is 4.79 Å². The second-order valence-corrected chi connectivity index (χ2v) is 8.18. The summed E-state index contributed by atoms with van der Waals surface area (Å²) in [6.07, 6.45) is -2.23. The molecule has 1 aliphatic carbocycles. The molecule has 0 atom stereocenters. The van der Waals surface area contributed by atoms with Gasteiger partial charge in [-0.2, -0.15) is 13.2 Å². The summed E-state index contributed by atoms with van der Waals surface area (Å²) in [4.78, 5) is 12.6. The van der Waals surface area contributed by atoms with Gasteiger partial charge in [0.15, 0.2) is 5.82 Å². The van der Waals surface area contributed by atoms with Crippen molar-refractivity contribution in [2.45, 2.75) is 37.8 Å². The Kier molecular flexibility index (Phi) is 6.56. The van der Waals surface area contributed by atoms with E-state index in [-0.39, 0.29) is 11.1 Å². The lowest BCUT2D eigenvalue weighted by molar-refractivity contribution is -0.140. The van der Waals surface area contributed by atoms with Gasteiger partial charge >= 0.3 is 12.1 Å². The number of carbonyl (C=O) groups excluding carboxylic acids is 1. The van der Waals surface area contributed by atoms with Crippen molar-refractivity contribution in [2.75, 3.05) is 0 Å². The Morgan fingerprint density at radius 1 is 0.912 bits per heavy atom. The third-order valence-corrected chi connectivity index (χ3v) is 5.93. The molecule has 0 bridgehead atoms. The summed E-state index contributed by atoms with van der Waals surface area (Å²) in [6.45, 7) is 0. The molecule has 2 nitrogen and oxygen atoms in total. The van der Waals surface area contributed by atoms with Crippen molar-refractivity contribution >= 4 is 16.7 Å². The summed E-state index contributed by atoms with van der Waals surface area (Å²) in [6, 6.07) is 12.4. The van der Waals surface area contributed by atoms with Gasteiger partial charge in [0.2, 0.25) is 0 Å². The van der Waals surface area contributed by atoms with Gasteiger partial charge in [-0.25, -0.2) is 13.2 Å². The number of alkyl halides is 3. The molecule has 0 aromatic heterocycles. The van der Waals surface area contributed by atoms with Crippen LogP contribution in [-0.2, 0) is 4.79 Å². The normalized spacial score (nSPS) is 18.3. The molecule has 0 N–H and O–H groups in total. The van der Waals surface area contributed by atoms with Crippen molar-refractivity contribution in [1.82, 2.24) is 0 Å². The SMILES string of the molecule is O=C(Oc1cc(F)c2c(F)c(C#CC(F)(F)F)c(F)cc2c1)C1CCC(c2ccccc2)CC1. The van der Waals surface area contributed by atoms with Gasteiger partial charge in [-0.1, -0.05) is 36.3 Å². The number of carbonyl (C=O) groups is 1. The maximum Gasteiger partial charge on any atom is 0.458 e. The monoisotopic (exact) mass is 476 g/mol. The van der Waals surface area contributed by atoms with Crippen LogP contribution in [0.2, 0.25) is 0 Å². The van der Waals surface area contributed by atoms with Gasteiger partial charge in [0, 0.05) is 12.0 Å². The van der Waals surface area contributed by atoms with Gasteiger partial charge in [0.05, 0.1) is 16.9 Å². The van der Waals surface area contributed by atoms with Crippen molar-refractivity contribution in [2.24, 2.45) is 5.92 Å². The van der Waals surface area contributed by atoms with Gasteiger partial charge in [-0.15, -0.1) is 0 Å². The second-order valence-electron chi connectivity index (χ2n) is 8.18. The number of esters is 1. The fourth-order valence-corrected chi connectivity index (χ4v) is 4.28. The molecule has 0 unspecified atom stereocenters. The minimum absolute atomic E-state index is 0.242. The summed E-state index contributed by atoms with van der Waals surface area (Å²) in [7, 11) is 0. The molecule has 34 heavy (non-hydrogen) atoms. The number of fused-ring (bicyclic) bond motifs is 1. The Hall–Kier alpha value is -3.47. The molecular formula is C26H18F6O2. The minimum Gasteiger partial charge on any atom is -0.426 e. The molecule has 0 amide bonds. The third-order valence-electron chi connectivity index (χ3n) is 5.93. The van der Waals surface area contributed by atoms with Gasteiger partial charge in [0.1, 0.15) is 17.4 Å². The lowest BCUT2D eigenvalue weighted by atomic mass is 9.79. The van der Waals surface area contributed by atoms with Gasteiger partial charge < -0.3 is 4.74 Å². The molecule has 4 rings (SSSR count). The number of hydrogen-bond donors (Lipinski definition) is 0. The third kappa shape index (κ3) is 5.19. The molecule has 3 aromatic carbocycles. The lowest BCUT2D eigenvalue weighted by Gasteiger charge is -2.27. The van der Waals surface area contributed by atoms with Crippen LogP contribution in [0, 0.1) is 35.2 Å². The molecule has 0 aliphatic heterocycles. The maximum absolute atomic E-state index is 14.6. The first-order valence-electron chi connectivity index (χ1n) is 10.6. The number of rotatable bonds is 3. The Morgan fingerprint density at radius 2 is 1.59 bits per heavy atom. The van der Waals surface area contributed by atoms with E-state index in [1.807, 2.05) is 30.3 Å². The Morgan fingerprint density at radius 3 is 2.24 bits per heavy atom. The molecule has 3 aromatic rings. The van der Waals surface area contributed by atoms with E-state index in [0.717, 1.165) is 30.9 Å². The fourth-order valence-electron chi connectivity index (χ4n) is 4.28. The largest absolute Gasteiger partial charge is 0.458 e. The van der Waals surface area contributed by atoms with Crippen LogP contribution in [0.3, 0.4) is 0 Å². The van der Waals surface area contributed by atoms with Gasteiger partial charge in [0.25, 0.3) is 0 Å². The molecule has 0 saturated heterocycles. The molecule has 1 saturated carbocycles. The lowest BCUT2D eigenvalue weighted by Crippen LogP contribution is -2.25. The topological polar surface area (TPSA) is 26.3 Å². The molecule has 0 radical (unpaired) electrons. The molecular weight excluding hydrogens is 458 g/mol. The number of hydrogen-bond acceptors (Lipinski definition) is 2. The fraction of sp³-hybridized carbons (Fsp3) is 0.269. The molecule has 176 valence electrons. The highest BCUT2D eigenvalue weighted by Gasteiger charge is 2.29. The standard InChI is InChI=1S/C26H18F6O2/c27-21-13-18-12-19(14-22(28)23(18)24(29)20(21)10-11-26(30,31)32)34-25(33)17-8-6-16(7-9-17)15-4-2-1-3-5-15/h1-5,12-14,16-17H,6-9H2. The van der Waals surface area contributed by atoms with Crippen molar-refractivity contribution in [3.05, 3.63) is 77.1 Å². The first-order valence-corrected chi connectivity index (χ1v) is 10.6. The first-order chi connectivity index (χ1) is 16.1. The zero-order chi connectivity index (χ0) is 24.5. The molecule has 8 heteroatoms. The van der Waals surface area contributed by atoms with Crippen LogP contribution in [0.15, 0.2) is 48.5 Å². The smallest absolute Gasteiger partial charge is 0.426 e. The predicted molar refractivity (Wildman–Crippen MR) is 114 cm³/mol. The van der Waals surface area contributed by atoms with Crippen molar-refractivity contribution in [3.8, 4) is 17.6 Å². The summed E-state index contributed by atoms with van der Waals surface area (Å²) >= 11 is 0. The van der Waals surface area contributed by atoms with E-state index in [1.54, 1.807) is 0 Å². The molecule has 1 aliphatic rings. The Balaban J connectivity index is 1.52. The summed E-state index contributed by atoms with van der Waals surface area (Å²) in [5.41, 5.74) is 0.0120. The number of benzene rings is 3. The van der Waals surface area contributed by atoms with E-state index in [1.165, 1.54) is 11.5 Å². The molecule has 0 spiro atoms. The minimum atomic E-state index is -4.97. The van der Waals surface area contributed by atoms with Crippen LogP contribution in [0.5, 0.6) is 5.75 Å². The van der Waals surface area contributed by atoms with Gasteiger partial charge in [-0.05, 0) is 54.7 Å². The van der Waals surface area contributed by atoms with E-state index in [0.29, 0.717) is 24.8 Å². The van der Waals surface area contributed by atoms with Crippen LogP contribution >= 0.6 is 0 Å². The average molecular weight is 476 g/mol. The molecule has 1 fully saturated rings.